The van der Waals surface area contributed by atoms with Crippen molar-refractivity contribution < 1.29 is 41.3 Å². The highest BCUT2D eigenvalue weighted by Crippen LogP contribution is 2.17. The van der Waals surface area contributed by atoms with Gasteiger partial charge in [0.05, 0.1) is 9.85 Å². The molecule has 0 unspecified atom stereocenters. The van der Waals surface area contributed by atoms with Crippen LogP contribution in [-0.4, -0.2) is 32.4 Å². The Morgan fingerprint density at radius 1 is 0.897 bits per heavy atom. The zero-order chi connectivity index (χ0) is 21.0. The van der Waals surface area contributed by atoms with Crippen LogP contribution in [0.25, 0.3) is 0 Å². The highest BCUT2D eigenvalue weighted by Gasteiger charge is 2.05. The number of hydrogen-bond acceptors (Lipinski definition) is 9. The summed E-state index contributed by atoms with van der Waals surface area (Å²) in [5, 5.41) is 37.9. The highest BCUT2D eigenvalue weighted by molar-refractivity contribution is 5.69. The molecule has 0 aliphatic rings. The summed E-state index contributed by atoms with van der Waals surface area (Å²) in [5.74, 6) is -1.20. The maximum absolute atomic E-state index is 10.5. The molecule has 2 rings (SSSR count). The van der Waals surface area contributed by atoms with Gasteiger partial charge in [0.1, 0.15) is 11.5 Å². The van der Waals surface area contributed by atoms with E-state index in [2.05, 4.69) is 4.74 Å². The Bertz CT molecular complexity index is 791. The number of non-ortho nitro benzene ring substituents is 2. The fraction of sp³-hybridized carbons (Fsp3) is 0.176. The SMILES string of the molecule is C.CC(=O)Oc1ccc([N+](=O)[O-])cc1.CC(=O)[O-].O.O=[N+]([O-])c1ccc(O)cc1.[H+]. The molecule has 0 saturated carbocycles. The van der Waals surface area contributed by atoms with Crippen LogP contribution >= 0.6 is 0 Å². The quantitative estimate of drug-likeness (QED) is 0.334. The van der Waals surface area contributed by atoms with Crippen molar-refractivity contribution in [2.24, 2.45) is 0 Å². The lowest BCUT2D eigenvalue weighted by Gasteiger charge is -1.98. The van der Waals surface area contributed by atoms with Gasteiger partial charge in [-0.25, -0.2) is 0 Å². The van der Waals surface area contributed by atoms with Crippen LogP contribution in [0, 0.1) is 20.2 Å². The summed E-state index contributed by atoms with van der Waals surface area (Å²) in [6, 6.07) is 10.3. The maximum atomic E-state index is 10.5. The number of rotatable bonds is 3. The second-order valence-corrected chi connectivity index (χ2v) is 4.61. The third-order valence-electron chi connectivity index (χ3n) is 2.37. The zero-order valence-electron chi connectivity index (χ0n) is 15.7. The Kier molecular flexibility index (Phi) is 15.4. The third kappa shape index (κ3) is 14.8. The van der Waals surface area contributed by atoms with E-state index in [-0.39, 0.29) is 31.5 Å². The van der Waals surface area contributed by atoms with Gasteiger partial charge >= 0.3 is 7.40 Å². The van der Waals surface area contributed by atoms with Gasteiger partial charge in [0.25, 0.3) is 11.4 Å². The van der Waals surface area contributed by atoms with Gasteiger partial charge in [-0.15, -0.1) is 0 Å². The summed E-state index contributed by atoms with van der Waals surface area (Å²) in [6.07, 6.45) is 0. The summed E-state index contributed by atoms with van der Waals surface area (Å²) >= 11 is 0. The van der Waals surface area contributed by atoms with Gasteiger partial charge in [0.2, 0.25) is 0 Å². The number of esters is 1. The number of phenolic OH excluding ortho intramolecular Hbond substituents is 1. The van der Waals surface area contributed by atoms with E-state index in [4.69, 9.17) is 15.0 Å². The monoisotopic (exact) mass is 414 g/mol. The number of nitro benzene ring substituents is 2. The lowest BCUT2D eigenvalue weighted by Crippen LogP contribution is -2.16. The van der Waals surface area contributed by atoms with Crippen LogP contribution in [0.1, 0.15) is 22.7 Å². The van der Waals surface area contributed by atoms with Crippen LogP contribution < -0.4 is 9.84 Å². The van der Waals surface area contributed by atoms with Crippen LogP contribution in [-0.2, 0) is 9.59 Å². The first-order chi connectivity index (χ1) is 12.5. The second kappa shape index (κ2) is 15.0. The number of carboxylic acids is 1. The van der Waals surface area contributed by atoms with Gasteiger partial charge in [-0.2, -0.15) is 0 Å². The Balaban J connectivity index is -0.000000179. The lowest BCUT2D eigenvalue weighted by atomic mass is 10.3. The zero-order valence-corrected chi connectivity index (χ0v) is 14.7. The standard InChI is InChI=1S/C8H7NO4.C6H5NO3.C2H4O2.CH4.H2O/c1-6(10)13-8-4-2-7(3-5-8)9(11)12;8-6-3-1-5(2-4-6)7(9)10;1-2(3)4;;/h2-5H,1H3;1-4,8H;1H3,(H,3,4);1H4;1H2. The average molecular weight is 414 g/mol. The van der Waals surface area contributed by atoms with Crippen LogP contribution in [0.3, 0.4) is 0 Å². The number of aromatic hydroxyl groups is 1. The van der Waals surface area contributed by atoms with Crippen molar-refractivity contribution in [3.05, 3.63) is 68.8 Å². The predicted octanol–water partition coefficient (Wildman–Crippen LogP) is 1.50. The molecule has 0 fully saturated rings. The molecule has 3 N–H and O–H groups in total. The smallest absolute Gasteiger partial charge is 0.550 e. The first-order valence-electron chi connectivity index (χ1n) is 7.06. The number of carbonyl (C=O) groups is 2. The van der Waals surface area contributed by atoms with Crippen molar-refractivity contribution in [1.82, 2.24) is 0 Å². The van der Waals surface area contributed by atoms with E-state index in [0.29, 0.717) is 5.75 Å². The molecule has 2 aromatic carbocycles. The van der Waals surface area contributed by atoms with Crippen molar-refractivity contribution in [1.29, 1.82) is 0 Å². The van der Waals surface area contributed by atoms with Gasteiger partial charge in [-0.3, -0.25) is 25.0 Å². The van der Waals surface area contributed by atoms with Crippen molar-refractivity contribution in [2.75, 3.05) is 0 Å². The Morgan fingerprint density at radius 3 is 1.48 bits per heavy atom. The first-order valence-corrected chi connectivity index (χ1v) is 7.06. The Hall–Kier alpha value is -4.06. The lowest BCUT2D eigenvalue weighted by molar-refractivity contribution is -0.385. The van der Waals surface area contributed by atoms with Gasteiger partial charge in [-0.1, -0.05) is 7.43 Å². The van der Waals surface area contributed by atoms with Gasteiger partial charge in [0.15, 0.2) is 0 Å². The number of ether oxygens (including phenoxy) is 1. The molecule has 0 aromatic heterocycles. The molecular weight excluding hydrogens is 392 g/mol. The molecule has 0 bridgehead atoms. The van der Waals surface area contributed by atoms with E-state index in [1.165, 1.54) is 55.5 Å². The molecule has 0 aliphatic carbocycles. The molecule has 0 amide bonds. The maximum Gasteiger partial charge on any atom is 1.00 e. The molecule has 12 nitrogen and oxygen atoms in total. The number of aliphatic carboxylic acids is 1. The Morgan fingerprint density at radius 2 is 1.21 bits per heavy atom. The number of nitro groups is 2. The first kappa shape index (κ1) is 29.7. The summed E-state index contributed by atoms with van der Waals surface area (Å²) in [7, 11) is 0. The van der Waals surface area contributed by atoms with E-state index in [0.717, 1.165) is 6.92 Å². The van der Waals surface area contributed by atoms with Crippen LogP contribution in [0.5, 0.6) is 11.5 Å². The molecule has 0 radical (unpaired) electrons. The molecular formula is C17H22N2O10. The predicted molar refractivity (Wildman–Crippen MR) is 101 cm³/mol. The summed E-state index contributed by atoms with van der Waals surface area (Å²) < 4.78 is 4.69. The van der Waals surface area contributed by atoms with E-state index < -0.39 is 21.8 Å². The van der Waals surface area contributed by atoms with Crippen LogP contribution in [0.4, 0.5) is 11.4 Å². The normalized spacial score (nSPS) is 8.21. The third-order valence-corrected chi connectivity index (χ3v) is 2.37. The van der Waals surface area contributed by atoms with Crippen molar-refractivity contribution >= 4 is 23.3 Å². The van der Waals surface area contributed by atoms with E-state index in [1.54, 1.807) is 0 Å². The number of nitrogens with zero attached hydrogens (tertiary/aromatic N) is 2. The number of carboxylic acid groups (broad SMARTS) is 1. The number of hydrogen-bond donors (Lipinski definition) is 1. The second-order valence-electron chi connectivity index (χ2n) is 4.61. The number of phenols is 1. The topological polar surface area (TPSA) is 204 Å². The van der Waals surface area contributed by atoms with E-state index >= 15 is 0 Å². The van der Waals surface area contributed by atoms with Gasteiger partial charge < -0.3 is 25.2 Å². The molecule has 0 spiro atoms. The van der Waals surface area contributed by atoms with Gasteiger partial charge in [-0.05, 0) is 31.2 Å². The molecule has 0 aliphatic heterocycles. The van der Waals surface area contributed by atoms with Crippen LogP contribution in [0.15, 0.2) is 48.5 Å². The Labute approximate surface area is 167 Å². The number of carbonyl (C=O) groups excluding carboxylic acids is 2. The van der Waals surface area contributed by atoms with Crippen LogP contribution in [0.2, 0.25) is 0 Å². The minimum Gasteiger partial charge on any atom is -0.550 e. The molecule has 160 valence electrons. The number of benzene rings is 2. The molecule has 2 aromatic rings. The fourth-order valence-electron chi connectivity index (χ4n) is 1.38. The summed E-state index contributed by atoms with van der Waals surface area (Å²) in [4.78, 5) is 38.6. The van der Waals surface area contributed by atoms with Crippen molar-refractivity contribution in [3.8, 4) is 11.5 Å². The molecule has 0 atom stereocenters. The molecule has 0 saturated heterocycles. The minimum atomic E-state index is -1.08. The highest BCUT2D eigenvalue weighted by atomic mass is 16.6. The van der Waals surface area contributed by atoms with E-state index in [9.17, 15) is 25.0 Å². The molecule has 0 heterocycles. The largest absolute Gasteiger partial charge is 1.00 e. The molecule has 12 heteroatoms. The average Bonchev–Trinajstić information content (AvgIpc) is 2.55. The fourth-order valence-corrected chi connectivity index (χ4v) is 1.38. The van der Waals surface area contributed by atoms with Crippen molar-refractivity contribution in [2.45, 2.75) is 21.3 Å². The summed E-state index contributed by atoms with van der Waals surface area (Å²) in [5.41, 5.74) is -0.0475. The van der Waals surface area contributed by atoms with E-state index in [1.807, 2.05) is 0 Å². The van der Waals surface area contributed by atoms with Crippen molar-refractivity contribution in [3.63, 3.8) is 0 Å². The summed E-state index contributed by atoms with van der Waals surface area (Å²) in [6.45, 7) is 2.24. The molecule has 29 heavy (non-hydrogen) atoms. The van der Waals surface area contributed by atoms with Gasteiger partial charge in [0, 0.05) is 37.2 Å². The minimum absolute atomic E-state index is 0.